The average Bonchev–Trinajstić information content (AvgIpc) is 3.04. The molecule has 0 bridgehead atoms. The van der Waals surface area contributed by atoms with Gasteiger partial charge in [0.15, 0.2) is 0 Å². The molecule has 118 valence electrons. The van der Waals surface area contributed by atoms with Gasteiger partial charge in [0, 0.05) is 11.6 Å². The minimum absolute atomic E-state index is 0.0831. The Morgan fingerprint density at radius 3 is 2.91 bits per heavy atom. The molecule has 2 aromatic rings. The third-order valence-electron chi connectivity index (χ3n) is 3.44. The number of halogens is 1. The maximum Gasteiger partial charge on any atom is 0.0580 e. The van der Waals surface area contributed by atoms with Gasteiger partial charge in [0.2, 0.25) is 0 Å². The van der Waals surface area contributed by atoms with E-state index in [0.717, 1.165) is 23.6 Å². The van der Waals surface area contributed by atoms with Crippen molar-refractivity contribution in [2.75, 3.05) is 13.2 Å². The molecule has 0 fully saturated rings. The molecule has 1 unspecified atom stereocenters. The SMILES string of the molecule is CCCNC(/C(=C/CCO)c1ccsc1)c1cccc(Cl)c1. The summed E-state index contributed by atoms with van der Waals surface area (Å²) in [5, 5.41) is 17.8. The normalized spacial score (nSPS) is 13.3. The predicted octanol–water partition coefficient (Wildman–Crippen LogP) is 4.91. The molecule has 1 heterocycles. The second-order valence-corrected chi connectivity index (χ2v) is 6.34. The minimum atomic E-state index is 0.0831. The lowest BCUT2D eigenvalue weighted by Gasteiger charge is -2.23. The highest BCUT2D eigenvalue weighted by molar-refractivity contribution is 7.08. The van der Waals surface area contributed by atoms with Crippen molar-refractivity contribution in [2.24, 2.45) is 0 Å². The maximum absolute atomic E-state index is 9.20. The minimum Gasteiger partial charge on any atom is -0.396 e. The fraction of sp³-hybridized carbons (Fsp3) is 0.333. The van der Waals surface area contributed by atoms with Crippen molar-refractivity contribution in [1.29, 1.82) is 0 Å². The summed E-state index contributed by atoms with van der Waals surface area (Å²) in [6.07, 6.45) is 3.83. The summed E-state index contributed by atoms with van der Waals surface area (Å²) in [6, 6.07) is 10.2. The largest absolute Gasteiger partial charge is 0.396 e. The van der Waals surface area contributed by atoms with E-state index in [2.05, 4.69) is 41.2 Å². The Morgan fingerprint density at radius 1 is 1.41 bits per heavy atom. The van der Waals surface area contributed by atoms with Crippen molar-refractivity contribution in [1.82, 2.24) is 5.32 Å². The molecule has 0 saturated heterocycles. The number of thiophene rings is 1. The van der Waals surface area contributed by atoms with E-state index in [1.807, 2.05) is 18.2 Å². The number of hydrogen-bond acceptors (Lipinski definition) is 3. The molecule has 0 aliphatic carbocycles. The predicted molar refractivity (Wildman–Crippen MR) is 96.5 cm³/mol. The van der Waals surface area contributed by atoms with Gasteiger partial charge in [-0.15, -0.1) is 0 Å². The van der Waals surface area contributed by atoms with Crippen LogP contribution in [0.2, 0.25) is 5.02 Å². The van der Waals surface area contributed by atoms with E-state index in [9.17, 15) is 5.11 Å². The number of aliphatic hydroxyl groups is 1. The second-order valence-electron chi connectivity index (χ2n) is 5.13. The second kappa shape index (κ2) is 9.11. The zero-order valence-electron chi connectivity index (χ0n) is 12.8. The monoisotopic (exact) mass is 335 g/mol. The molecule has 0 saturated carbocycles. The Labute approximate surface area is 141 Å². The van der Waals surface area contributed by atoms with Crippen LogP contribution in [0.1, 0.15) is 36.9 Å². The molecular weight excluding hydrogens is 314 g/mol. The summed E-state index contributed by atoms with van der Waals surface area (Å²) in [5.74, 6) is 0. The first-order valence-corrected chi connectivity index (χ1v) is 8.90. The Bertz CT molecular complexity index is 595. The summed E-state index contributed by atoms with van der Waals surface area (Å²) in [6.45, 7) is 3.24. The van der Waals surface area contributed by atoms with Gasteiger partial charge >= 0.3 is 0 Å². The quantitative estimate of drug-likeness (QED) is 0.718. The van der Waals surface area contributed by atoms with E-state index in [4.69, 9.17) is 11.6 Å². The Balaban J connectivity index is 2.40. The van der Waals surface area contributed by atoms with E-state index in [-0.39, 0.29) is 12.6 Å². The third-order valence-corrected chi connectivity index (χ3v) is 4.36. The van der Waals surface area contributed by atoms with Crippen LogP contribution < -0.4 is 5.32 Å². The fourth-order valence-corrected chi connectivity index (χ4v) is 3.30. The van der Waals surface area contributed by atoms with Gasteiger partial charge in [0.05, 0.1) is 6.04 Å². The highest BCUT2D eigenvalue weighted by Crippen LogP contribution is 2.32. The standard InChI is InChI=1S/C18H22ClNOS/c1-2-9-20-18(14-5-3-6-16(19)12-14)17(7-4-10-21)15-8-11-22-13-15/h3,5-8,11-13,18,20-21H,2,4,9-10H2,1H3/b17-7+. The lowest BCUT2D eigenvalue weighted by atomic mass is 9.93. The zero-order valence-corrected chi connectivity index (χ0v) is 14.3. The molecule has 1 aromatic carbocycles. The van der Waals surface area contributed by atoms with Gasteiger partial charge < -0.3 is 10.4 Å². The first-order valence-electron chi connectivity index (χ1n) is 7.58. The lowest BCUT2D eigenvalue weighted by Crippen LogP contribution is -2.23. The van der Waals surface area contributed by atoms with Crippen LogP contribution in [0, 0.1) is 0 Å². The number of benzene rings is 1. The highest BCUT2D eigenvalue weighted by Gasteiger charge is 2.18. The topological polar surface area (TPSA) is 32.3 Å². The first-order chi connectivity index (χ1) is 10.8. The van der Waals surface area contributed by atoms with E-state index in [1.165, 1.54) is 11.1 Å². The fourth-order valence-electron chi connectivity index (χ4n) is 2.43. The van der Waals surface area contributed by atoms with Crippen LogP contribution in [0.25, 0.3) is 5.57 Å². The van der Waals surface area contributed by atoms with Gasteiger partial charge in [-0.1, -0.05) is 36.7 Å². The van der Waals surface area contributed by atoms with E-state index in [0.29, 0.717) is 6.42 Å². The summed E-state index contributed by atoms with van der Waals surface area (Å²) in [4.78, 5) is 0. The van der Waals surface area contributed by atoms with Gasteiger partial charge in [-0.2, -0.15) is 11.3 Å². The number of nitrogens with one attached hydrogen (secondary N) is 1. The molecule has 2 rings (SSSR count). The molecule has 0 spiro atoms. The van der Waals surface area contributed by atoms with Crippen LogP contribution in [-0.2, 0) is 0 Å². The molecule has 0 aliphatic rings. The molecule has 1 aromatic heterocycles. The smallest absolute Gasteiger partial charge is 0.0580 e. The van der Waals surface area contributed by atoms with E-state index >= 15 is 0 Å². The number of hydrogen-bond donors (Lipinski definition) is 2. The summed E-state index contributed by atoms with van der Waals surface area (Å²) in [5.41, 5.74) is 3.55. The zero-order chi connectivity index (χ0) is 15.8. The van der Waals surface area contributed by atoms with Crippen LogP contribution in [0.5, 0.6) is 0 Å². The van der Waals surface area contributed by atoms with E-state index in [1.54, 1.807) is 11.3 Å². The van der Waals surface area contributed by atoms with Crippen LogP contribution in [0.15, 0.2) is 47.2 Å². The molecular formula is C18H22ClNOS. The maximum atomic E-state index is 9.20. The van der Waals surface area contributed by atoms with Gasteiger partial charge in [-0.05, 0) is 65.0 Å². The van der Waals surface area contributed by atoms with Crippen LogP contribution in [-0.4, -0.2) is 18.3 Å². The number of aliphatic hydroxyl groups excluding tert-OH is 1. The summed E-state index contributed by atoms with van der Waals surface area (Å²) < 4.78 is 0. The Hall–Kier alpha value is -1.13. The molecule has 1 atom stereocenters. The van der Waals surface area contributed by atoms with E-state index < -0.39 is 0 Å². The van der Waals surface area contributed by atoms with Crippen molar-refractivity contribution < 1.29 is 5.11 Å². The van der Waals surface area contributed by atoms with Crippen molar-refractivity contribution in [3.05, 3.63) is 63.3 Å². The molecule has 0 radical (unpaired) electrons. The van der Waals surface area contributed by atoms with Gasteiger partial charge in [-0.3, -0.25) is 0 Å². The molecule has 0 amide bonds. The summed E-state index contributed by atoms with van der Waals surface area (Å²) >= 11 is 7.86. The Kier molecular flexibility index (Phi) is 7.13. The molecule has 0 aliphatic heterocycles. The van der Waals surface area contributed by atoms with Crippen molar-refractivity contribution in [3.8, 4) is 0 Å². The molecule has 4 heteroatoms. The lowest BCUT2D eigenvalue weighted by molar-refractivity contribution is 0.302. The average molecular weight is 336 g/mol. The number of rotatable bonds is 8. The van der Waals surface area contributed by atoms with Gasteiger partial charge in [-0.25, -0.2) is 0 Å². The van der Waals surface area contributed by atoms with Gasteiger partial charge in [0.1, 0.15) is 0 Å². The first kappa shape index (κ1) is 17.2. The van der Waals surface area contributed by atoms with Crippen LogP contribution in [0.3, 0.4) is 0 Å². The van der Waals surface area contributed by atoms with Crippen LogP contribution in [0.4, 0.5) is 0 Å². The molecule has 22 heavy (non-hydrogen) atoms. The van der Waals surface area contributed by atoms with Crippen LogP contribution >= 0.6 is 22.9 Å². The highest BCUT2D eigenvalue weighted by atomic mass is 35.5. The summed E-state index contributed by atoms with van der Waals surface area (Å²) in [7, 11) is 0. The van der Waals surface area contributed by atoms with Gasteiger partial charge in [0.25, 0.3) is 0 Å². The molecule has 2 nitrogen and oxygen atoms in total. The third kappa shape index (κ3) is 4.68. The van der Waals surface area contributed by atoms with Crippen molar-refractivity contribution in [3.63, 3.8) is 0 Å². The molecule has 2 N–H and O–H groups in total. The van der Waals surface area contributed by atoms with Crippen molar-refractivity contribution >= 4 is 28.5 Å². The van der Waals surface area contributed by atoms with Crippen molar-refractivity contribution in [2.45, 2.75) is 25.8 Å². The Morgan fingerprint density at radius 2 is 2.27 bits per heavy atom.